The number of tetrazole rings is 1. The molecule has 0 radical (unpaired) electrons. The minimum Gasteiger partial charge on any atom is -0.327 e. The van der Waals surface area contributed by atoms with Crippen molar-refractivity contribution >= 4 is 23.5 Å². The summed E-state index contributed by atoms with van der Waals surface area (Å²) in [4.78, 5) is 12.7. The molecule has 2 aromatic heterocycles. The molecule has 0 aliphatic heterocycles. The summed E-state index contributed by atoms with van der Waals surface area (Å²) in [6.07, 6.45) is 5.79. The number of nitriles is 1. The van der Waals surface area contributed by atoms with Crippen molar-refractivity contribution in [3.63, 3.8) is 0 Å². The molecule has 150 valence electrons. The first kappa shape index (κ1) is 20.4. The van der Waals surface area contributed by atoms with Crippen molar-refractivity contribution in [2.75, 3.05) is 11.1 Å². The van der Waals surface area contributed by atoms with Gasteiger partial charge < -0.3 is 9.88 Å². The summed E-state index contributed by atoms with van der Waals surface area (Å²) in [6, 6.07) is 2.75. The zero-order chi connectivity index (χ0) is 20.3. The Morgan fingerprint density at radius 1 is 1.32 bits per heavy atom. The van der Waals surface area contributed by atoms with Gasteiger partial charge in [0, 0.05) is 11.7 Å². The highest BCUT2D eigenvalue weighted by molar-refractivity contribution is 7.99. The Morgan fingerprint density at radius 2 is 2.04 bits per heavy atom. The third-order valence-electron chi connectivity index (χ3n) is 5.35. The second kappa shape index (κ2) is 8.78. The molecular formula is C19H27N7OS. The monoisotopic (exact) mass is 401 g/mol. The van der Waals surface area contributed by atoms with E-state index in [1.54, 1.807) is 4.68 Å². The molecule has 0 unspecified atom stereocenters. The highest BCUT2D eigenvalue weighted by atomic mass is 32.2. The maximum atomic E-state index is 12.7. The van der Waals surface area contributed by atoms with Gasteiger partial charge in [-0.05, 0) is 56.5 Å². The number of hydrogen-bond donors (Lipinski definition) is 1. The molecule has 0 spiro atoms. The lowest BCUT2D eigenvalue weighted by Crippen LogP contribution is -2.22. The fraction of sp³-hybridized carbons (Fsp3) is 0.632. The molecule has 1 N–H and O–H groups in total. The minimum absolute atomic E-state index is 0.125. The molecule has 8 nitrogen and oxygen atoms in total. The van der Waals surface area contributed by atoms with Crippen LogP contribution in [-0.2, 0) is 4.79 Å². The first-order valence-electron chi connectivity index (χ1n) is 9.76. The van der Waals surface area contributed by atoms with Gasteiger partial charge in [-0.15, -0.1) is 5.10 Å². The number of nitrogens with one attached hydrogen (secondary N) is 1. The van der Waals surface area contributed by atoms with E-state index in [0.29, 0.717) is 22.6 Å². The van der Waals surface area contributed by atoms with Crippen LogP contribution in [0.25, 0.3) is 0 Å². The van der Waals surface area contributed by atoms with Crippen molar-refractivity contribution in [2.24, 2.45) is 0 Å². The van der Waals surface area contributed by atoms with E-state index in [2.05, 4.69) is 31.5 Å². The molecule has 1 fully saturated rings. The molecule has 0 bridgehead atoms. The molecule has 1 saturated carbocycles. The number of carbonyl (C=O) groups is 1. The number of carbonyl (C=O) groups excluding carboxylic acids is 1. The topological polar surface area (TPSA) is 101 Å². The van der Waals surface area contributed by atoms with Crippen LogP contribution >= 0.6 is 11.8 Å². The lowest BCUT2D eigenvalue weighted by Gasteiger charge is -2.27. The lowest BCUT2D eigenvalue weighted by atomic mass is 9.95. The number of anilines is 1. The summed E-state index contributed by atoms with van der Waals surface area (Å²) in [7, 11) is 0. The largest absolute Gasteiger partial charge is 0.327 e. The standard InChI is InChI=1S/C19H27N7OS/c1-12(2)26-19(22-23-24-26)28-11-17(27)21-18-16(10-20)13(3)14(4)25(18)15-8-6-5-7-9-15/h12,15H,5-9,11H2,1-4H3,(H,21,27). The Labute approximate surface area is 169 Å². The normalized spacial score (nSPS) is 15.0. The van der Waals surface area contributed by atoms with Crippen LogP contribution in [0.1, 0.15) is 74.9 Å². The molecule has 0 aromatic carbocycles. The average Bonchev–Trinajstić information content (AvgIpc) is 3.24. The van der Waals surface area contributed by atoms with Crippen molar-refractivity contribution in [1.82, 2.24) is 24.8 Å². The second-order valence-electron chi connectivity index (χ2n) is 7.54. The van der Waals surface area contributed by atoms with Gasteiger partial charge in [-0.25, -0.2) is 4.68 Å². The summed E-state index contributed by atoms with van der Waals surface area (Å²) in [5.74, 6) is 0.666. The van der Waals surface area contributed by atoms with E-state index in [1.807, 2.05) is 27.7 Å². The van der Waals surface area contributed by atoms with Gasteiger partial charge in [0.1, 0.15) is 11.9 Å². The molecule has 0 atom stereocenters. The van der Waals surface area contributed by atoms with Crippen molar-refractivity contribution in [3.05, 3.63) is 16.8 Å². The fourth-order valence-electron chi connectivity index (χ4n) is 3.79. The lowest BCUT2D eigenvalue weighted by molar-refractivity contribution is -0.113. The number of thioether (sulfide) groups is 1. The molecule has 1 aliphatic rings. The van der Waals surface area contributed by atoms with E-state index in [1.165, 1.54) is 31.0 Å². The van der Waals surface area contributed by atoms with Crippen LogP contribution < -0.4 is 5.32 Å². The summed E-state index contributed by atoms with van der Waals surface area (Å²) < 4.78 is 3.87. The van der Waals surface area contributed by atoms with Crippen LogP contribution in [0.5, 0.6) is 0 Å². The van der Waals surface area contributed by atoms with E-state index in [0.717, 1.165) is 24.1 Å². The molecule has 1 aliphatic carbocycles. The Morgan fingerprint density at radius 3 is 2.68 bits per heavy atom. The number of amides is 1. The first-order valence-corrected chi connectivity index (χ1v) is 10.7. The molecule has 3 rings (SSSR count). The highest BCUT2D eigenvalue weighted by Gasteiger charge is 2.26. The maximum absolute atomic E-state index is 12.7. The number of rotatable bonds is 6. The van der Waals surface area contributed by atoms with Crippen LogP contribution in [0.15, 0.2) is 5.16 Å². The predicted molar refractivity (Wildman–Crippen MR) is 108 cm³/mol. The molecule has 1 amide bonds. The molecular weight excluding hydrogens is 374 g/mol. The fourth-order valence-corrected chi connectivity index (χ4v) is 4.59. The molecule has 2 aromatic rings. The highest BCUT2D eigenvalue weighted by Crippen LogP contribution is 2.36. The van der Waals surface area contributed by atoms with E-state index in [9.17, 15) is 10.1 Å². The Kier molecular flexibility index (Phi) is 6.39. The summed E-state index contributed by atoms with van der Waals surface area (Å²) in [6.45, 7) is 7.96. The van der Waals surface area contributed by atoms with Crippen LogP contribution in [-0.4, -0.2) is 36.4 Å². The van der Waals surface area contributed by atoms with Crippen molar-refractivity contribution in [3.8, 4) is 6.07 Å². The molecule has 28 heavy (non-hydrogen) atoms. The number of hydrogen-bond acceptors (Lipinski definition) is 6. The van der Waals surface area contributed by atoms with E-state index in [-0.39, 0.29) is 17.7 Å². The number of nitrogens with zero attached hydrogens (tertiary/aromatic N) is 6. The van der Waals surface area contributed by atoms with Gasteiger partial charge in [0.15, 0.2) is 0 Å². The SMILES string of the molecule is Cc1c(C#N)c(NC(=O)CSc2nnnn2C(C)C)n(C2CCCCC2)c1C. The van der Waals surface area contributed by atoms with Gasteiger partial charge in [-0.1, -0.05) is 31.0 Å². The maximum Gasteiger partial charge on any atom is 0.235 e. The van der Waals surface area contributed by atoms with Crippen LogP contribution in [0, 0.1) is 25.2 Å². The van der Waals surface area contributed by atoms with Gasteiger partial charge in [0.25, 0.3) is 0 Å². The van der Waals surface area contributed by atoms with E-state index < -0.39 is 0 Å². The first-order chi connectivity index (χ1) is 13.4. The summed E-state index contributed by atoms with van der Waals surface area (Å²) in [5, 5.41) is 24.9. The quantitative estimate of drug-likeness (QED) is 0.739. The Bertz CT molecular complexity index is 887. The van der Waals surface area contributed by atoms with Crippen molar-refractivity contribution in [2.45, 2.75) is 77.0 Å². The molecule has 0 saturated heterocycles. The van der Waals surface area contributed by atoms with Gasteiger partial charge in [0.2, 0.25) is 11.1 Å². The zero-order valence-electron chi connectivity index (χ0n) is 16.9. The van der Waals surface area contributed by atoms with Crippen molar-refractivity contribution in [1.29, 1.82) is 5.26 Å². The molecule has 9 heteroatoms. The van der Waals surface area contributed by atoms with Crippen LogP contribution in [0.2, 0.25) is 0 Å². The van der Waals surface area contributed by atoms with E-state index >= 15 is 0 Å². The third kappa shape index (κ3) is 4.07. The minimum atomic E-state index is -0.158. The van der Waals surface area contributed by atoms with E-state index in [4.69, 9.17) is 0 Å². The smallest absolute Gasteiger partial charge is 0.235 e. The number of aromatic nitrogens is 5. The van der Waals surface area contributed by atoms with Gasteiger partial charge in [0.05, 0.1) is 17.4 Å². The zero-order valence-corrected chi connectivity index (χ0v) is 17.7. The predicted octanol–water partition coefficient (Wildman–Crippen LogP) is 3.78. The van der Waals surface area contributed by atoms with Crippen molar-refractivity contribution < 1.29 is 4.79 Å². The summed E-state index contributed by atoms with van der Waals surface area (Å²) >= 11 is 1.30. The summed E-state index contributed by atoms with van der Waals surface area (Å²) in [5.41, 5.74) is 2.57. The van der Waals surface area contributed by atoms with Crippen LogP contribution in [0.4, 0.5) is 5.82 Å². The average molecular weight is 402 g/mol. The molecule has 2 heterocycles. The van der Waals surface area contributed by atoms with Gasteiger partial charge in [-0.3, -0.25) is 4.79 Å². The Hall–Kier alpha value is -2.34. The third-order valence-corrected chi connectivity index (χ3v) is 6.28. The van der Waals surface area contributed by atoms with Gasteiger partial charge >= 0.3 is 0 Å². The Balaban J connectivity index is 1.79. The second-order valence-corrected chi connectivity index (χ2v) is 8.49. The van der Waals surface area contributed by atoms with Gasteiger partial charge in [-0.2, -0.15) is 5.26 Å². The van der Waals surface area contributed by atoms with Crippen LogP contribution in [0.3, 0.4) is 0 Å².